The van der Waals surface area contributed by atoms with Gasteiger partial charge in [0.25, 0.3) is 0 Å². The second-order valence-electron chi connectivity index (χ2n) is 1.63. The number of rotatable bonds is 0. The van der Waals surface area contributed by atoms with E-state index in [9.17, 15) is 0 Å². The highest BCUT2D eigenvalue weighted by Gasteiger charge is 1.74. The SMILES string of the molecule is C=CC.Cc1cccs1. The Morgan fingerprint density at radius 1 is 1.67 bits per heavy atom. The first-order valence-corrected chi connectivity index (χ1v) is 3.76. The normalized spacial score (nSPS) is 7.33. The standard InChI is InChI=1S/C5H6S.C3H6/c1-5-3-2-4-6-5;1-3-2/h2-4H,1H3;3H,1H2,2H3. The Balaban J connectivity index is 0.000000187. The summed E-state index contributed by atoms with van der Waals surface area (Å²) in [5.74, 6) is 0. The molecule has 1 rings (SSSR count). The van der Waals surface area contributed by atoms with E-state index in [-0.39, 0.29) is 0 Å². The summed E-state index contributed by atoms with van der Waals surface area (Å²) in [6.45, 7) is 7.35. The van der Waals surface area contributed by atoms with Gasteiger partial charge < -0.3 is 0 Å². The number of hydrogen-bond acceptors (Lipinski definition) is 1. The molecule has 0 unspecified atom stereocenters. The molecule has 0 aliphatic heterocycles. The molecular formula is C8H12S. The minimum atomic E-state index is 1.38. The average Bonchev–Trinajstić information content (AvgIpc) is 2.20. The van der Waals surface area contributed by atoms with Crippen molar-refractivity contribution in [2.45, 2.75) is 13.8 Å². The van der Waals surface area contributed by atoms with E-state index in [0.29, 0.717) is 0 Å². The fourth-order valence-electron chi connectivity index (χ4n) is 0.361. The number of thiophene rings is 1. The first-order valence-electron chi connectivity index (χ1n) is 2.88. The Labute approximate surface area is 60.8 Å². The molecule has 0 amide bonds. The topological polar surface area (TPSA) is 0 Å². The molecule has 1 aromatic heterocycles. The zero-order chi connectivity index (χ0) is 7.11. The lowest BCUT2D eigenvalue weighted by Crippen LogP contribution is -1.42. The summed E-state index contributed by atoms with van der Waals surface area (Å²) in [5.41, 5.74) is 0. The van der Waals surface area contributed by atoms with E-state index in [1.807, 2.05) is 6.92 Å². The molecule has 1 aromatic rings. The van der Waals surface area contributed by atoms with Crippen LogP contribution in [0.1, 0.15) is 11.8 Å². The van der Waals surface area contributed by atoms with Crippen molar-refractivity contribution >= 4 is 11.3 Å². The predicted octanol–water partition coefficient (Wildman–Crippen LogP) is 3.25. The molecule has 0 fully saturated rings. The molecule has 50 valence electrons. The molecule has 0 spiro atoms. The van der Waals surface area contributed by atoms with Crippen LogP contribution in [0.3, 0.4) is 0 Å². The molecule has 0 aliphatic carbocycles. The van der Waals surface area contributed by atoms with Crippen molar-refractivity contribution in [3.05, 3.63) is 35.0 Å². The molecule has 0 aliphatic rings. The summed E-state index contributed by atoms with van der Waals surface area (Å²) in [7, 11) is 0. The Hall–Kier alpha value is -0.560. The van der Waals surface area contributed by atoms with Crippen molar-refractivity contribution in [2.75, 3.05) is 0 Å². The van der Waals surface area contributed by atoms with E-state index in [1.54, 1.807) is 17.4 Å². The average molecular weight is 140 g/mol. The fourth-order valence-corrected chi connectivity index (χ4v) is 0.890. The van der Waals surface area contributed by atoms with Crippen LogP contribution in [-0.4, -0.2) is 0 Å². The third kappa shape index (κ3) is 5.31. The van der Waals surface area contributed by atoms with Crippen LogP contribution in [0.4, 0.5) is 0 Å². The quantitative estimate of drug-likeness (QED) is 0.485. The molecule has 0 saturated heterocycles. The third-order valence-electron chi connectivity index (χ3n) is 0.663. The van der Waals surface area contributed by atoms with Gasteiger partial charge in [0.2, 0.25) is 0 Å². The fraction of sp³-hybridized carbons (Fsp3) is 0.250. The first-order chi connectivity index (χ1) is 4.31. The van der Waals surface area contributed by atoms with Crippen molar-refractivity contribution in [1.29, 1.82) is 0 Å². The van der Waals surface area contributed by atoms with Crippen LogP contribution in [-0.2, 0) is 0 Å². The summed E-state index contributed by atoms with van der Waals surface area (Å²) in [6.07, 6.45) is 1.75. The van der Waals surface area contributed by atoms with Gasteiger partial charge in [-0.25, -0.2) is 0 Å². The number of allylic oxidation sites excluding steroid dienone is 1. The van der Waals surface area contributed by atoms with Gasteiger partial charge in [-0.15, -0.1) is 17.9 Å². The van der Waals surface area contributed by atoms with Crippen LogP contribution < -0.4 is 0 Å². The van der Waals surface area contributed by atoms with Crippen molar-refractivity contribution in [1.82, 2.24) is 0 Å². The maximum Gasteiger partial charge on any atom is 0.00141 e. The van der Waals surface area contributed by atoms with Gasteiger partial charge in [-0.1, -0.05) is 12.1 Å². The van der Waals surface area contributed by atoms with Gasteiger partial charge >= 0.3 is 0 Å². The maximum absolute atomic E-state index is 3.36. The molecule has 0 bridgehead atoms. The van der Waals surface area contributed by atoms with Crippen molar-refractivity contribution in [2.24, 2.45) is 0 Å². The Morgan fingerprint density at radius 3 is 2.33 bits per heavy atom. The highest BCUT2D eigenvalue weighted by Crippen LogP contribution is 2.03. The van der Waals surface area contributed by atoms with Crippen LogP contribution in [0.2, 0.25) is 0 Å². The van der Waals surface area contributed by atoms with Gasteiger partial charge in [0.1, 0.15) is 0 Å². The van der Waals surface area contributed by atoms with E-state index in [4.69, 9.17) is 0 Å². The lowest BCUT2D eigenvalue weighted by Gasteiger charge is -1.65. The second kappa shape index (κ2) is 5.57. The van der Waals surface area contributed by atoms with E-state index in [1.165, 1.54) is 4.88 Å². The highest BCUT2D eigenvalue weighted by atomic mass is 32.1. The zero-order valence-corrected chi connectivity index (χ0v) is 6.74. The monoisotopic (exact) mass is 140 g/mol. The highest BCUT2D eigenvalue weighted by molar-refractivity contribution is 7.09. The van der Waals surface area contributed by atoms with Crippen LogP contribution in [0.5, 0.6) is 0 Å². The molecule has 0 N–H and O–H groups in total. The Kier molecular flexibility index (Phi) is 5.23. The second-order valence-corrected chi connectivity index (χ2v) is 2.78. The molecule has 0 saturated carbocycles. The molecule has 1 heteroatoms. The van der Waals surface area contributed by atoms with Gasteiger partial charge in [0, 0.05) is 4.88 Å². The number of aryl methyl sites for hydroxylation is 1. The molecule has 0 nitrogen and oxygen atoms in total. The van der Waals surface area contributed by atoms with Gasteiger partial charge in [0.15, 0.2) is 0 Å². The Bertz CT molecular complexity index is 140. The van der Waals surface area contributed by atoms with Crippen molar-refractivity contribution < 1.29 is 0 Å². The van der Waals surface area contributed by atoms with Crippen molar-refractivity contribution in [3.8, 4) is 0 Å². The summed E-state index contributed by atoms with van der Waals surface area (Å²) >= 11 is 1.78. The minimum Gasteiger partial charge on any atom is -0.149 e. The molecule has 0 aromatic carbocycles. The zero-order valence-electron chi connectivity index (χ0n) is 5.92. The Morgan fingerprint density at radius 2 is 2.22 bits per heavy atom. The van der Waals surface area contributed by atoms with Crippen LogP contribution >= 0.6 is 11.3 Å². The molecule has 1 heterocycles. The van der Waals surface area contributed by atoms with Crippen LogP contribution in [0, 0.1) is 6.92 Å². The molecule has 0 atom stereocenters. The summed E-state index contributed by atoms with van der Waals surface area (Å²) in [4.78, 5) is 1.38. The summed E-state index contributed by atoms with van der Waals surface area (Å²) < 4.78 is 0. The van der Waals surface area contributed by atoms with Gasteiger partial charge in [-0.3, -0.25) is 0 Å². The van der Waals surface area contributed by atoms with Crippen molar-refractivity contribution in [3.63, 3.8) is 0 Å². The summed E-state index contributed by atoms with van der Waals surface area (Å²) in [5, 5.41) is 2.08. The van der Waals surface area contributed by atoms with E-state index in [2.05, 4.69) is 31.0 Å². The van der Waals surface area contributed by atoms with Crippen LogP contribution in [0.15, 0.2) is 30.2 Å². The lowest BCUT2D eigenvalue weighted by atomic mass is 10.5. The largest absolute Gasteiger partial charge is 0.149 e. The smallest absolute Gasteiger partial charge is 0.00141 e. The van der Waals surface area contributed by atoms with E-state index < -0.39 is 0 Å². The minimum absolute atomic E-state index is 1.38. The van der Waals surface area contributed by atoms with E-state index in [0.717, 1.165) is 0 Å². The predicted molar refractivity (Wildman–Crippen MR) is 44.9 cm³/mol. The van der Waals surface area contributed by atoms with Crippen LogP contribution in [0.25, 0.3) is 0 Å². The number of hydrogen-bond donors (Lipinski definition) is 0. The van der Waals surface area contributed by atoms with Gasteiger partial charge in [0.05, 0.1) is 0 Å². The van der Waals surface area contributed by atoms with E-state index >= 15 is 0 Å². The molecule has 9 heavy (non-hydrogen) atoms. The molecule has 0 radical (unpaired) electrons. The van der Waals surface area contributed by atoms with Gasteiger partial charge in [-0.05, 0) is 25.3 Å². The van der Waals surface area contributed by atoms with Gasteiger partial charge in [-0.2, -0.15) is 0 Å². The lowest BCUT2D eigenvalue weighted by molar-refractivity contribution is 1.64. The maximum atomic E-state index is 3.36. The first kappa shape index (κ1) is 8.44. The molecular weight excluding hydrogens is 128 g/mol. The summed E-state index contributed by atoms with van der Waals surface area (Å²) in [6, 6.07) is 4.16. The third-order valence-corrected chi connectivity index (χ3v) is 1.46.